The lowest BCUT2D eigenvalue weighted by Crippen LogP contribution is -2.35. The fourth-order valence-electron chi connectivity index (χ4n) is 2.45. The predicted molar refractivity (Wildman–Crippen MR) is 81.8 cm³/mol. The maximum atomic E-state index is 6.19. The third kappa shape index (κ3) is 3.64. The Morgan fingerprint density at radius 2 is 2.15 bits per heavy atom. The van der Waals surface area contributed by atoms with Gasteiger partial charge >= 0.3 is 7.12 Å². The Bertz CT molecular complexity index is 433. The van der Waals surface area contributed by atoms with Gasteiger partial charge in [0.05, 0.1) is 6.20 Å². The monoisotopic (exact) mass is 278 g/mol. The van der Waals surface area contributed by atoms with Crippen molar-refractivity contribution in [2.45, 2.75) is 71.3 Å². The summed E-state index contributed by atoms with van der Waals surface area (Å²) in [5, 5.41) is 4.36. The second-order valence-electron chi connectivity index (χ2n) is 6.19. The zero-order valence-corrected chi connectivity index (χ0v) is 13.4. The molecule has 0 radical (unpaired) electrons. The zero-order chi connectivity index (χ0) is 14.8. The molecule has 0 N–H and O–H groups in total. The summed E-state index contributed by atoms with van der Waals surface area (Å²) in [6.07, 6.45) is 6.27. The highest BCUT2D eigenvalue weighted by molar-refractivity contribution is 6.48. The van der Waals surface area contributed by atoms with Crippen LogP contribution in [-0.2, 0) is 15.9 Å². The molecule has 1 fully saturated rings. The second kappa shape index (κ2) is 6.31. The van der Waals surface area contributed by atoms with Gasteiger partial charge < -0.3 is 9.31 Å². The molecule has 2 rings (SSSR count). The second-order valence-corrected chi connectivity index (χ2v) is 6.19. The summed E-state index contributed by atoms with van der Waals surface area (Å²) in [6.45, 7) is 12.2. The van der Waals surface area contributed by atoms with Gasteiger partial charge in [0.2, 0.25) is 0 Å². The van der Waals surface area contributed by atoms with Crippen molar-refractivity contribution >= 4 is 7.12 Å². The van der Waals surface area contributed by atoms with Crippen LogP contribution in [0, 0.1) is 0 Å². The summed E-state index contributed by atoms with van der Waals surface area (Å²) in [4.78, 5) is 0. The fourth-order valence-corrected chi connectivity index (χ4v) is 2.45. The van der Waals surface area contributed by atoms with Crippen LogP contribution in [0.3, 0.4) is 0 Å². The van der Waals surface area contributed by atoms with Gasteiger partial charge in [-0.25, -0.2) is 0 Å². The van der Waals surface area contributed by atoms with Crippen LogP contribution >= 0.6 is 0 Å². The Hall–Kier alpha value is -0.805. The summed E-state index contributed by atoms with van der Waals surface area (Å²) < 4.78 is 14.0. The molecule has 1 aliphatic rings. The average molecular weight is 278 g/mol. The molecule has 1 saturated carbocycles. The molecule has 0 bridgehead atoms. The first kappa shape index (κ1) is 15.6. The van der Waals surface area contributed by atoms with E-state index in [0.717, 1.165) is 19.4 Å². The van der Waals surface area contributed by atoms with Gasteiger partial charge in [0.15, 0.2) is 0 Å². The number of hydrogen-bond donors (Lipinski definition) is 0. The molecule has 2 unspecified atom stereocenters. The first-order chi connectivity index (χ1) is 9.50. The first-order valence-electron chi connectivity index (χ1n) is 7.82. The summed E-state index contributed by atoms with van der Waals surface area (Å²) in [6, 6.07) is 0. The van der Waals surface area contributed by atoms with Crippen molar-refractivity contribution in [1.29, 1.82) is 0 Å². The lowest BCUT2D eigenvalue weighted by atomic mass is 9.78. The Morgan fingerprint density at radius 1 is 1.40 bits per heavy atom. The largest absolute Gasteiger partial charge is 0.461 e. The van der Waals surface area contributed by atoms with Gasteiger partial charge in [-0.15, -0.1) is 0 Å². The zero-order valence-electron chi connectivity index (χ0n) is 13.4. The van der Waals surface area contributed by atoms with Crippen molar-refractivity contribution in [2.75, 3.05) is 6.61 Å². The van der Waals surface area contributed by atoms with E-state index in [-0.39, 0.29) is 12.7 Å². The molecule has 20 heavy (non-hydrogen) atoms. The van der Waals surface area contributed by atoms with Crippen LogP contribution in [0.15, 0.2) is 12.4 Å². The lowest BCUT2D eigenvalue weighted by Gasteiger charge is -2.28. The summed E-state index contributed by atoms with van der Waals surface area (Å²) in [5.41, 5.74) is 1.19. The molecule has 1 aromatic rings. The summed E-state index contributed by atoms with van der Waals surface area (Å²) >= 11 is 0. The molecule has 0 saturated heterocycles. The van der Waals surface area contributed by atoms with Crippen LogP contribution in [0.2, 0.25) is 5.82 Å². The van der Waals surface area contributed by atoms with Gasteiger partial charge in [0.1, 0.15) is 0 Å². The fraction of sp³-hybridized carbons (Fsp3) is 0.800. The van der Waals surface area contributed by atoms with E-state index >= 15 is 0 Å². The van der Waals surface area contributed by atoms with Crippen molar-refractivity contribution in [1.82, 2.24) is 9.78 Å². The van der Waals surface area contributed by atoms with Crippen LogP contribution in [-0.4, -0.2) is 29.1 Å². The van der Waals surface area contributed by atoms with Crippen LogP contribution in [0.25, 0.3) is 0 Å². The number of rotatable bonds is 8. The van der Waals surface area contributed by atoms with E-state index in [4.69, 9.17) is 9.31 Å². The highest BCUT2D eigenvalue weighted by atomic mass is 16.6. The van der Waals surface area contributed by atoms with E-state index in [1.165, 1.54) is 5.56 Å². The Balaban J connectivity index is 1.98. The number of hydrogen-bond acceptors (Lipinski definition) is 3. The van der Waals surface area contributed by atoms with Crippen molar-refractivity contribution in [3.63, 3.8) is 0 Å². The van der Waals surface area contributed by atoms with E-state index < -0.39 is 0 Å². The third-order valence-electron chi connectivity index (χ3n) is 4.21. The quantitative estimate of drug-likeness (QED) is 0.683. The van der Waals surface area contributed by atoms with E-state index in [1.807, 2.05) is 17.8 Å². The number of aromatic nitrogens is 2. The van der Waals surface area contributed by atoms with E-state index in [1.54, 1.807) is 0 Å². The standard InChI is InChI=1S/C15H27BN2O2/c1-6-15(4,5)20-16(19-8-3)14-9-13(14)12-10-17-18(7-2)11-12/h10-11,13-14H,6-9H2,1-5H3. The maximum absolute atomic E-state index is 6.19. The van der Waals surface area contributed by atoms with Crippen molar-refractivity contribution in [3.8, 4) is 0 Å². The van der Waals surface area contributed by atoms with Crippen molar-refractivity contribution in [3.05, 3.63) is 18.0 Å². The highest BCUT2D eigenvalue weighted by Crippen LogP contribution is 2.55. The molecule has 1 aliphatic carbocycles. The van der Waals surface area contributed by atoms with Gasteiger partial charge in [-0.1, -0.05) is 6.92 Å². The smallest absolute Gasteiger partial charge is 0.411 e. The summed E-state index contributed by atoms with van der Waals surface area (Å²) in [5.74, 6) is 1.01. The molecule has 4 nitrogen and oxygen atoms in total. The van der Waals surface area contributed by atoms with Gasteiger partial charge in [0.25, 0.3) is 0 Å². The topological polar surface area (TPSA) is 36.3 Å². The number of aryl methyl sites for hydroxylation is 1. The molecular formula is C15H27BN2O2. The van der Waals surface area contributed by atoms with E-state index in [2.05, 4.69) is 39.0 Å². The van der Waals surface area contributed by atoms with Crippen molar-refractivity contribution in [2.24, 2.45) is 0 Å². The molecule has 0 aromatic carbocycles. The molecule has 1 aromatic heterocycles. The van der Waals surface area contributed by atoms with Gasteiger partial charge in [-0.05, 0) is 52.0 Å². The lowest BCUT2D eigenvalue weighted by molar-refractivity contribution is 0.0633. The van der Waals surface area contributed by atoms with Crippen molar-refractivity contribution < 1.29 is 9.31 Å². The molecular weight excluding hydrogens is 251 g/mol. The van der Waals surface area contributed by atoms with E-state index in [9.17, 15) is 0 Å². The molecule has 112 valence electrons. The molecule has 5 heteroatoms. The van der Waals surface area contributed by atoms with Gasteiger partial charge in [-0.3, -0.25) is 4.68 Å². The minimum absolute atomic E-state index is 0.0927. The normalized spacial score (nSPS) is 22.1. The molecule has 0 spiro atoms. The Labute approximate surface area is 123 Å². The molecule has 2 atom stereocenters. The van der Waals surface area contributed by atoms with E-state index in [0.29, 0.717) is 18.3 Å². The third-order valence-corrected chi connectivity index (χ3v) is 4.21. The Morgan fingerprint density at radius 3 is 2.70 bits per heavy atom. The molecule has 0 aliphatic heterocycles. The highest BCUT2D eigenvalue weighted by Gasteiger charge is 2.51. The average Bonchev–Trinajstić information content (AvgIpc) is 3.08. The van der Waals surface area contributed by atoms with Crippen LogP contribution in [0.4, 0.5) is 0 Å². The van der Waals surface area contributed by atoms with Crippen LogP contribution in [0.1, 0.15) is 58.9 Å². The number of nitrogens with zero attached hydrogens (tertiary/aromatic N) is 2. The van der Waals surface area contributed by atoms with Gasteiger partial charge in [-0.2, -0.15) is 5.10 Å². The Kier molecular flexibility index (Phi) is 4.92. The predicted octanol–water partition coefficient (Wildman–Crippen LogP) is 3.49. The minimum Gasteiger partial charge on any atom is -0.411 e. The summed E-state index contributed by atoms with van der Waals surface area (Å²) in [7, 11) is -0.0927. The van der Waals surface area contributed by atoms with Crippen LogP contribution in [0.5, 0.6) is 0 Å². The molecule has 0 amide bonds. The molecule has 1 heterocycles. The SMILES string of the molecule is CCOB(OC(C)(C)CC)C1CC1c1cnn(CC)c1. The van der Waals surface area contributed by atoms with Crippen LogP contribution < -0.4 is 0 Å². The maximum Gasteiger partial charge on any atom is 0.461 e. The minimum atomic E-state index is -0.124. The first-order valence-corrected chi connectivity index (χ1v) is 7.82. The van der Waals surface area contributed by atoms with Gasteiger partial charge in [0, 0.05) is 30.8 Å².